The smallest absolute Gasteiger partial charge is 0.325 e. The van der Waals surface area contributed by atoms with Crippen molar-refractivity contribution in [1.82, 2.24) is 10.2 Å². The van der Waals surface area contributed by atoms with Gasteiger partial charge >= 0.3 is 6.03 Å². The topological polar surface area (TPSA) is 64.7 Å². The lowest BCUT2D eigenvalue weighted by Crippen LogP contribution is -2.47. The zero-order valence-corrected chi connectivity index (χ0v) is 15.3. The number of anilines is 2. The molecule has 8 heteroatoms. The number of benzene rings is 2. The van der Waals surface area contributed by atoms with Gasteiger partial charge in [0.05, 0.1) is 5.69 Å². The summed E-state index contributed by atoms with van der Waals surface area (Å²) in [4.78, 5) is 27.6. The van der Waals surface area contributed by atoms with Crippen molar-refractivity contribution in [2.24, 2.45) is 0 Å². The van der Waals surface area contributed by atoms with Gasteiger partial charge in [-0.25, -0.2) is 13.6 Å². The standard InChI is InChI=1S/C20H22F2N4O2/c21-15-6-7-17(22)18(14-15)26-12-10-25(11-13-26)9-8-19(27)24-20(28)23-16-4-2-1-3-5-16/h1-7,14H,8-13H2,(H2,23,24,27,28). The summed E-state index contributed by atoms with van der Waals surface area (Å²) < 4.78 is 27.2. The number of amides is 3. The van der Waals surface area contributed by atoms with E-state index in [0.29, 0.717) is 38.4 Å². The molecule has 0 radical (unpaired) electrons. The number of para-hydroxylation sites is 1. The maximum Gasteiger partial charge on any atom is 0.325 e. The number of urea groups is 1. The third-order valence-corrected chi connectivity index (χ3v) is 4.56. The van der Waals surface area contributed by atoms with E-state index in [1.54, 1.807) is 29.2 Å². The van der Waals surface area contributed by atoms with Crippen LogP contribution in [0, 0.1) is 11.6 Å². The summed E-state index contributed by atoms with van der Waals surface area (Å²) in [7, 11) is 0. The van der Waals surface area contributed by atoms with Crippen LogP contribution < -0.4 is 15.5 Å². The molecule has 0 unspecified atom stereocenters. The molecule has 1 fully saturated rings. The average Bonchev–Trinajstić information content (AvgIpc) is 2.69. The molecule has 0 saturated carbocycles. The summed E-state index contributed by atoms with van der Waals surface area (Å²) >= 11 is 0. The molecule has 0 aromatic heterocycles. The van der Waals surface area contributed by atoms with Crippen LogP contribution in [0.4, 0.5) is 25.0 Å². The van der Waals surface area contributed by atoms with Crippen molar-refractivity contribution in [3.05, 3.63) is 60.2 Å². The molecule has 2 N–H and O–H groups in total. The SMILES string of the molecule is O=C(CCN1CCN(c2cc(F)ccc2F)CC1)NC(=O)Nc1ccccc1. The van der Waals surface area contributed by atoms with Crippen LogP contribution in [0.2, 0.25) is 0 Å². The maximum atomic E-state index is 13.9. The highest BCUT2D eigenvalue weighted by Gasteiger charge is 2.20. The molecular formula is C20H22F2N4O2. The number of rotatable bonds is 5. The van der Waals surface area contributed by atoms with Crippen LogP contribution in [-0.4, -0.2) is 49.6 Å². The molecule has 3 rings (SSSR count). The Bertz CT molecular complexity index is 824. The van der Waals surface area contributed by atoms with Crippen molar-refractivity contribution >= 4 is 23.3 Å². The second kappa shape index (κ2) is 9.27. The van der Waals surface area contributed by atoms with Crippen LogP contribution in [-0.2, 0) is 4.79 Å². The van der Waals surface area contributed by atoms with Crippen molar-refractivity contribution in [3.8, 4) is 0 Å². The monoisotopic (exact) mass is 388 g/mol. The maximum absolute atomic E-state index is 13.9. The third kappa shape index (κ3) is 5.50. The Hall–Kier alpha value is -3.00. The summed E-state index contributed by atoms with van der Waals surface area (Å²) in [5.41, 5.74) is 0.864. The summed E-state index contributed by atoms with van der Waals surface area (Å²) in [6, 6.07) is 11.7. The van der Waals surface area contributed by atoms with Crippen molar-refractivity contribution in [1.29, 1.82) is 0 Å². The average molecular weight is 388 g/mol. The normalized spacial score (nSPS) is 14.6. The van der Waals surface area contributed by atoms with Gasteiger partial charge in [-0.15, -0.1) is 0 Å². The first kappa shape index (κ1) is 19.8. The number of imide groups is 1. The van der Waals surface area contributed by atoms with E-state index in [2.05, 4.69) is 15.5 Å². The van der Waals surface area contributed by atoms with Gasteiger partial charge in [0.25, 0.3) is 0 Å². The largest absolute Gasteiger partial charge is 0.367 e. The summed E-state index contributed by atoms with van der Waals surface area (Å²) in [5.74, 6) is -1.28. The zero-order valence-electron chi connectivity index (χ0n) is 15.3. The summed E-state index contributed by atoms with van der Waals surface area (Å²) in [6.45, 7) is 2.82. The van der Waals surface area contributed by atoms with Crippen LogP contribution in [0.1, 0.15) is 6.42 Å². The second-order valence-electron chi connectivity index (χ2n) is 6.54. The van der Waals surface area contributed by atoms with Gasteiger partial charge in [-0.2, -0.15) is 0 Å². The minimum Gasteiger partial charge on any atom is -0.367 e. The molecule has 0 aliphatic carbocycles. The quantitative estimate of drug-likeness (QED) is 0.827. The molecule has 6 nitrogen and oxygen atoms in total. The molecule has 28 heavy (non-hydrogen) atoms. The number of halogens is 2. The fourth-order valence-corrected chi connectivity index (χ4v) is 3.07. The van der Waals surface area contributed by atoms with Gasteiger partial charge in [0.15, 0.2) is 0 Å². The second-order valence-corrected chi connectivity index (χ2v) is 6.54. The summed E-state index contributed by atoms with van der Waals surface area (Å²) in [5, 5.41) is 4.89. The summed E-state index contributed by atoms with van der Waals surface area (Å²) in [6.07, 6.45) is 0.177. The Labute approximate surface area is 162 Å². The zero-order chi connectivity index (χ0) is 19.9. The first-order valence-corrected chi connectivity index (χ1v) is 9.09. The van der Waals surface area contributed by atoms with Crippen LogP contribution in [0.3, 0.4) is 0 Å². The van der Waals surface area contributed by atoms with Gasteiger partial charge in [0, 0.05) is 50.9 Å². The van der Waals surface area contributed by atoms with Crippen LogP contribution >= 0.6 is 0 Å². The highest BCUT2D eigenvalue weighted by Crippen LogP contribution is 2.21. The van der Waals surface area contributed by atoms with E-state index in [1.807, 2.05) is 6.07 Å². The number of hydrogen-bond acceptors (Lipinski definition) is 4. The minimum absolute atomic E-state index is 0.177. The molecule has 2 aromatic rings. The molecule has 0 bridgehead atoms. The lowest BCUT2D eigenvalue weighted by Gasteiger charge is -2.36. The molecule has 0 atom stereocenters. The number of nitrogens with zero attached hydrogens (tertiary/aromatic N) is 2. The predicted octanol–water partition coefficient (Wildman–Crippen LogP) is 2.83. The van der Waals surface area contributed by atoms with Gasteiger partial charge in [-0.3, -0.25) is 15.0 Å². The molecule has 1 saturated heterocycles. The third-order valence-electron chi connectivity index (χ3n) is 4.56. The molecule has 1 aliphatic heterocycles. The van der Waals surface area contributed by atoms with E-state index in [-0.39, 0.29) is 18.0 Å². The highest BCUT2D eigenvalue weighted by atomic mass is 19.1. The van der Waals surface area contributed by atoms with Gasteiger partial charge in [0.2, 0.25) is 5.91 Å². The Morgan fingerprint density at radius 1 is 0.964 bits per heavy atom. The highest BCUT2D eigenvalue weighted by molar-refractivity contribution is 6.01. The predicted molar refractivity (Wildman–Crippen MR) is 103 cm³/mol. The number of carbonyl (C=O) groups is 2. The van der Waals surface area contributed by atoms with E-state index in [0.717, 1.165) is 12.1 Å². The fraction of sp³-hybridized carbons (Fsp3) is 0.300. The molecule has 2 aromatic carbocycles. The van der Waals surface area contributed by atoms with Crippen LogP contribution in [0.5, 0.6) is 0 Å². The Morgan fingerprint density at radius 2 is 1.68 bits per heavy atom. The molecule has 3 amide bonds. The van der Waals surface area contributed by atoms with Crippen LogP contribution in [0.25, 0.3) is 0 Å². The molecular weight excluding hydrogens is 366 g/mol. The number of piperazine rings is 1. The fourth-order valence-electron chi connectivity index (χ4n) is 3.07. The van der Waals surface area contributed by atoms with Gasteiger partial charge < -0.3 is 10.2 Å². The lowest BCUT2D eigenvalue weighted by molar-refractivity contribution is -0.120. The van der Waals surface area contributed by atoms with Crippen LogP contribution in [0.15, 0.2) is 48.5 Å². The molecule has 0 spiro atoms. The molecule has 1 aliphatic rings. The van der Waals surface area contributed by atoms with Gasteiger partial charge in [-0.1, -0.05) is 18.2 Å². The van der Waals surface area contributed by atoms with Crippen molar-refractivity contribution in [3.63, 3.8) is 0 Å². The molecule has 148 valence electrons. The number of hydrogen-bond donors (Lipinski definition) is 2. The van der Waals surface area contributed by atoms with Gasteiger partial charge in [0.1, 0.15) is 11.6 Å². The Morgan fingerprint density at radius 3 is 2.39 bits per heavy atom. The number of nitrogens with one attached hydrogen (secondary N) is 2. The molecule has 1 heterocycles. The first-order valence-electron chi connectivity index (χ1n) is 9.09. The van der Waals surface area contributed by atoms with Gasteiger partial charge in [-0.05, 0) is 24.3 Å². The Balaban J connectivity index is 1.39. The minimum atomic E-state index is -0.567. The van der Waals surface area contributed by atoms with Crippen molar-refractivity contribution < 1.29 is 18.4 Å². The van der Waals surface area contributed by atoms with E-state index in [9.17, 15) is 18.4 Å². The Kier molecular flexibility index (Phi) is 6.54. The van der Waals surface area contributed by atoms with Crippen molar-refractivity contribution in [2.45, 2.75) is 6.42 Å². The van der Waals surface area contributed by atoms with E-state index in [1.165, 1.54) is 6.07 Å². The van der Waals surface area contributed by atoms with E-state index >= 15 is 0 Å². The van der Waals surface area contributed by atoms with Crippen molar-refractivity contribution in [2.75, 3.05) is 42.9 Å². The van der Waals surface area contributed by atoms with E-state index in [4.69, 9.17) is 0 Å². The lowest BCUT2D eigenvalue weighted by atomic mass is 10.2. The van der Waals surface area contributed by atoms with E-state index < -0.39 is 17.7 Å². The first-order chi connectivity index (χ1) is 13.5. The number of carbonyl (C=O) groups excluding carboxylic acids is 2.